The van der Waals surface area contributed by atoms with E-state index in [4.69, 9.17) is 4.74 Å². The summed E-state index contributed by atoms with van der Waals surface area (Å²) in [5.41, 5.74) is 2.48. The number of hydrogen-bond donors (Lipinski definition) is 0. The van der Waals surface area contributed by atoms with E-state index in [2.05, 4.69) is 26.8 Å². The second-order valence-electron chi connectivity index (χ2n) is 4.91. The van der Waals surface area contributed by atoms with Crippen LogP contribution in [-0.4, -0.2) is 41.3 Å². The second kappa shape index (κ2) is 5.54. The molecule has 2 aromatic heterocycles. The molecule has 0 saturated carbocycles. The molecule has 0 N–H and O–H groups in total. The summed E-state index contributed by atoms with van der Waals surface area (Å²) in [6, 6.07) is 6.09. The van der Waals surface area contributed by atoms with E-state index in [1.807, 2.05) is 25.2 Å². The second-order valence-corrected chi connectivity index (χ2v) is 4.91. The minimum Gasteiger partial charge on any atom is -0.379 e. The molecule has 0 aromatic carbocycles. The summed E-state index contributed by atoms with van der Waals surface area (Å²) in [5.74, 6) is 0.718. The lowest BCUT2D eigenvalue weighted by molar-refractivity contribution is 0.193. The zero-order valence-corrected chi connectivity index (χ0v) is 11.5. The highest BCUT2D eigenvalue weighted by Gasteiger charge is 2.22. The Morgan fingerprint density at radius 3 is 2.75 bits per heavy atom. The van der Waals surface area contributed by atoms with Crippen molar-refractivity contribution in [2.45, 2.75) is 12.5 Å². The van der Waals surface area contributed by atoms with Gasteiger partial charge < -0.3 is 9.64 Å². The first-order valence-electron chi connectivity index (χ1n) is 6.66. The minimum atomic E-state index is 0.363. The molecular weight excluding hydrogens is 252 g/mol. The van der Waals surface area contributed by atoms with Gasteiger partial charge in [0.15, 0.2) is 0 Å². The Bertz CT molecular complexity index is 579. The van der Waals surface area contributed by atoms with E-state index in [0.717, 1.165) is 42.5 Å². The summed E-state index contributed by atoms with van der Waals surface area (Å²) in [5, 5.41) is 0. The fourth-order valence-corrected chi connectivity index (χ4v) is 2.27. The van der Waals surface area contributed by atoms with E-state index in [1.54, 1.807) is 12.4 Å². The van der Waals surface area contributed by atoms with Crippen molar-refractivity contribution in [3.05, 3.63) is 43.2 Å². The molecule has 1 radical (unpaired) electrons. The third-order valence-electron chi connectivity index (χ3n) is 3.51. The Morgan fingerprint density at radius 1 is 1.30 bits per heavy atom. The van der Waals surface area contributed by atoms with Crippen molar-refractivity contribution in [3.63, 3.8) is 0 Å². The van der Waals surface area contributed by atoms with Gasteiger partial charge in [0.25, 0.3) is 0 Å². The average molecular weight is 269 g/mol. The first-order chi connectivity index (χ1) is 9.74. The monoisotopic (exact) mass is 269 g/mol. The highest BCUT2D eigenvalue weighted by molar-refractivity contribution is 5.57. The molecule has 1 aliphatic rings. The van der Waals surface area contributed by atoms with Crippen LogP contribution in [0.5, 0.6) is 0 Å². The molecule has 1 saturated heterocycles. The lowest BCUT2D eigenvalue weighted by atomic mass is 10.2. The molecular formula is C15H17N4O. The fraction of sp³-hybridized carbons (Fsp3) is 0.333. The van der Waals surface area contributed by atoms with Crippen molar-refractivity contribution in [2.24, 2.45) is 0 Å². The van der Waals surface area contributed by atoms with E-state index in [0.29, 0.717) is 6.04 Å². The number of aromatic nitrogens is 3. The van der Waals surface area contributed by atoms with Crippen LogP contribution in [0.1, 0.15) is 12.1 Å². The number of ether oxygens (including phenoxy) is 1. The molecule has 1 unspecified atom stereocenters. The van der Waals surface area contributed by atoms with E-state index in [9.17, 15) is 0 Å². The zero-order chi connectivity index (χ0) is 13.9. The number of likely N-dealkylation sites (N-methyl/N-ethyl adjacent to an activating group) is 1. The van der Waals surface area contributed by atoms with Crippen LogP contribution in [0.25, 0.3) is 11.3 Å². The molecule has 3 heterocycles. The van der Waals surface area contributed by atoms with Crippen molar-refractivity contribution < 1.29 is 4.74 Å². The van der Waals surface area contributed by atoms with Crippen LogP contribution >= 0.6 is 0 Å². The van der Waals surface area contributed by atoms with Crippen molar-refractivity contribution in [1.29, 1.82) is 0 Å². The number of nitrogens with zero attached hydrogens (tertiary/aromatic N) is 4. The van der Waals surface area contributed by atoms with Gasteiger partial charge in [0.2, 0.25) is 5.95 Å². The number of rotatable bonds is 3. The van der Waals surface area contributed by atoms with E-state index < -0.39 is 0 Å². The predicted octanol–water partition coefficient (Wildman–Crippen LogP) is 1.95. The lowest BCUT2D eigenvalue weighted by Gasteiger charge is -2.22. The van der Waals surface area contributed by atoms with Gasteiger partial charge in [-0.2, -0.15) is 0 Å². The van der Waals surface area contributed by atoms with Crippen molar-refractivity contribution in [2.75, 3.05) is 25.2 Å². The molecule has 0 amide bonds. The SMILES string of the molecule is [CH2]c1cccc(-c2cnc(N(C)C3CCOC3)nc2)n1. The third kappa shape index (κ3) is 2.63. The first kappa shape index (κ1) is 13.0. The van der Waals surface area contributed by atoms with E-state index in [1.165, 1.54) is 0 Å². The summed E-state index contributed by atoms with van der Waals surface area (Å²) in [6.07, 6.45) is 4.62. The normalized spacial score (nSPS) is 18.2. The maximum Gasteiger partial charge on any atom is 0.225 e. The Morgan fingerprint density at radius 2 is 2.10 bits per heavy atom. The maximum absolute atomic E-state index is 5.39. The summed E-state index contributed by atoms with van der Waals surface area (Å²) < 4.78 is 5.39. The van der Waals surface area contributed by atoms with Crippen LogP contribution in [-0.2, 0) is 4.74 Å². The molecule has 5 heteroatoms. The first-order valence-corrected chi connectivity index (χ1v) is 6.66. The minimum absolute atomic E-state index is 0.363. The quantitative estimate of drug-likeness (QED) is 0.852. The summed E-state index contributed by atoms with van der Waals surface area (Å²) in [4.78, 5) is 15.3. The van der Waals surface area contributed by atoms with Gasteiger partial charge in [-0.1, -0.05) is 6.07 Å². The van der Waals surface area contributed by atoms with Crippen LogP contribution in [0.15, 0.2) is 30.6 Å². The number of hydrogen-bond acceptors (Lipinski definition) is 5. The summed E-state index contributed by atoms with van der Waals surface area (Å²) in [6.45, 7) is 5.39. The molecule has 20 heavy (non-hydrogen) atoms. The van der Waals surface area contributed by atoms with Gasteiger partial charge in [-0.05, 0) is 25.5 Å². The van der Waals surface area contributed by atoms with Crippen molar-refractivity contribution >= 4 is 5.95 Å². The van der Waals surface area contributed by atoms with Crippen molar-refractivity contribution in [3.8, 4) is 11.3 Å². The zero-order valence-electron chi connectivity index (χ0n) is 11.5. The Kier molecular flexibility index (Phi) is 3.60. The number of pyridine rings is 1. The molecule has 1 atom stereocenters. The van der Waals surface area contributed by atoms with Gasteiger partial charge in [-0.25, -0.2) is 9.97 Å². The van der Waals surface area contributed by atoms with Gasteiger partial charge in [0.05, 0.1) is 18.3 Å². The maximum atomic E-state index is 5.39. The average Bonchev–Trinajstić information content (AvgIpc) is 3.01. The topological polar surface area (TPSA) is 51.1 Å². The standard InChI is InChI=1S/C15H17N4O/c1-11-4-3-5-14(18-11)12-8-16-15(17-9-12)19(2)13-6-7-20-10-13/h3-5,8-9,13H,1,6-7,10H2,2H3. The molecule has 0 bridgehead atoms. The Balaban J connectivity index is 1.80. The summed E-state index contributed by atoms with van der Waals surface area (Å²) in [7, 11) is 2.00. The van der Waals surface area contributed by atoms with Crippen LogP contribution < -0.4 is 4.90 Å². The van der Waals surface area contributed by atoms with Gasteiger partial charge in [0.1, 0.15) is 0 Å². The van der Waals surface area contributed by atoms with Gasteiger partial charge in [0, 0.05) is 37.3 Å². The molecule has 1 aliphatic heterocycles. The molecule has 0 spiro atoms. The third-order valence-corrected chi connectivity index (χ3v) is 3.51. The highest BCUT2D eigenvalue weighted by Crippen LogP contribution is 2.19. The Hall–Kier alpha value is -2.01. The smallest absolute Gasteiger partial charge is 0.225 e. The largest absolute Gasteiger partial charge is 0.379 e. The number of anilines is 1. The molecule has 3 rings (SSSR count). The molecule has 1 fully saturated rings. The Labute approximate surface area is 118 Å². The van der Waals surface area contributed by atoms with Gasteiger partial charge in [-0.3, -0.25) is 4.98 Å². The van der Waals surface area contributed by atoms with Crippen LogP contribution in [0, 0.1) is 6.92 Å². The van der Waals surface area contributed by atoms with Gasteiger partial charge >= 0.3 is 0 Å². The van der Waals surface area contributed by atoms with Crippen LogP contribution in [0.4, 0.5) is 5.95 Å². The van der Waals surface area contributed by atoms with Crippen LogP contribution in [0.2, 0.25) is 0 Å². The molecule has 5 nitrogen and oxygen atoms in total. The molecule has 2 aromatic rings. The summed E-state index contributed by atoms with van der Waals surface area (Å²) >= 11 is 0. The fourth-order valence-electron chi connectivity index (χ4n) is 2.27. The van der Waals surface area contributed by atoms with E-state index >= 15 is 0 Å². The molecule has 0 aliphatic carbocycles. The van der Waals surface area contributed by atoms with E-state index in [-0.39, 0.29) is 0 Å². The predicted molar refractivity (Wildman–Crippen MR) is 77.3 cm³/mol. The van der Waals surface area contributed by atoms with Crippen molar-refractivity contribution in [1.82, 2.24) is 15.0 Å². The van der Waals surface area contributed by atoms with Gasteiger partial charge in [-0.15, -0.1) is 0 Å². The van der Waals surface area contributed by atoms with Crippen LogP contribution in [0.3, 0.4) is 0 Å². The highest BCUT2D eigenvalue weighted by atomic mass is 16.5. The molecule has 103 valence electrons. The lowest BCUT2D eigenvalue weighted by Crippen LogP contribution is -2.33.